The predicted octanol–water partition coefficient (Wildman–Crippen LogP) is 2.49. The van der Waals surface area contributed by atoms with Gasteiger partial charge < -0.3 is 5.32 Å². The van der Waals surface area contributed by atoms with E-state index in [1.807, 2.05) is 0 Å². The zero-order valence-corrected chi connectivity index (χ0v) is 13.5. The molecule has 2 fully saturated rings. The van der Waals surface area contributed by atoms with Gasteiger partial charge in [0.25, 0.3) is 0 Å². The van der Waals surface area contributed by atoms with Crippen LogP contribution in [0.4, 0.5) is 0 Å². The Balaban J connectivity index is 1.82. The second kappa shape index (κ2) is 6.24. The van der Waals surface area contributed by atoms with Gasteiger partial charge in [0.05, 0.1) is 4.90 Å². The quantitative estimate of drug-likeness (QED) is 0.903. The molecule has 2 aliphatic rings. The fourth-order valence-electron chi connectivity index (χ4n) is 2.90. The average molecular weight is 329 g/mol. The second-order valence-corrected chi connectivity index (χ2v) is 8.30. The van der Waals surface area contributed by atoms with Crippen LogP contribution in [-0.4, -0.2) is 38.4 Å². The van der Waals surface area contributed by atoms with E-state index >= 15 is 0 Å². The van der Waals surface area contributed by atoms with Crippen molar-refractivity contribution in [2.24, 2.45) is 5.92 Å². The van der Waals surface area contributed by atoms with Crippen LogP contribution < -0.4 is 5.32 Å². The van der Waals surface area contributed by atoms with Gasteiger partial charge in [-0.1, -0.05) is 17.7 Å². The monoisotopic (exact) mass is 328 g/mol. The molecule has 1 unspecified atom stereocenters. The number of rotatable bonds is 5. The summed E-state index contributed by atoms with van der Waals surface area (Å²) in [6, 6.07) is 6.76. The highest BCUT2D eigenvalue weighted by atomic mass is 35.5. The van der Waals surface area contributed by atoms with E-state index in [1.165, 1.54) is 0 Å². The third kappa shape index (κ3) is 3.59. The molecule has 0 aromatic heterocycles. The number of piperidine rings is 1. The minimum Gasteiger partial charge on any atom is -0.316 e. The molecule has 1 aromatic rings. The van der Waals surface area contributed by atoms with Crippen molar-refractivity contribution in [3.63, 3.8) is 0 Å². The number of nitrogens with zero attached hydrogens (tertiary/aromatic N) is 1. The fraction of sp³-hybridized carbons (Fsp3) is 0.600. The molecule has 1 atom stereocenters. The van der Waals surface area contributed by atoms with Crippen molar-refractivity contribution in [1.82, 2.24) is 9.62 Å². The Morgan fingerprint density at radius 1 is 1.29 bits per heavy atom. The van der Waals surface area contributed by atoms with Crippen LogP contribution in [0.2, 0.25) is 5.02 Å². The van der Waals surface area contributed by atoms with E-state index in [9.17, 15) is 8.42 Å². The summed E-state index contributed by atoms with van der Waals surface area (Å²) in [5.41, 5.74) is 0. The van der Waals surface area contributed by atoms with Crippen molar-refractivity contribution in [3.05, 3.63) is 29.3 Å². The maximum atomic E-state index is 12.9. The highest BCUT2D eigenvalue weighted by Gasteiger charge is 2.39. The van der Waals surface area contributed by atoms with E-state index in [1.54, 1.807) is 28.6 Å². The number of hydrogen-bond donors (Lipinski definition) is 1. The van der Waals surface area contributed by atoms with Crippen molar-refractivity contribution >= 4 is 21.6 Å². The Morgan fingerprint density at radius 3 is 2.71 bits per heavy atom. The van der Waals surface area contributed by atoms with E-state index in [2.05, 4.69) is 5.32 Å². The Bertz CT molecular complexity index is 595. The van der Waals surface area contributed by atoms with Crippen molar-refractivity contribution in [1.29, 1.82) is 0 Å². The zero-order valence-electron chi connectivity index (χ0n) is 12.0. The molecule has 116 valence electrons. The SMILES string of the molecule is O=S(=O)(c1cccc(Cl)c1)N(CC1CCCNC1)C1CC1. The summed E-state index contributed by atoms with van der Waals surface area (Å²) >= 11 is 5.95. The minimum atomic E-state index is -3.44. The van der Waals surface area contributed by atoms with Gasteiger partial charge >= 0.3 is 0 Å². The summed E-state index contributed by atoms with van der Waals surface area (Å²) in [6.45, 7) is 2.57. The summed E-state index contributed by atoms with van der Waals surface area (Å²) in [7, 11) is -3.44. The molecular formula is C15H21ClN2O2S. The van der Waals surface area contributed by atoms with E-state index in [-0.39, 0.29) is 6.04 Å². The first-order valence-corrected chi connectivity index (χ1v) is 9.37. The van der Waals surface area contributed by atoms with Gasteiger partial charge in [-0.2, -0.15) is 4.31 Å². The summed E-state index contributed by atoms with van der Waals surface area (Å²) in [5.74, 6) is 0.410. The molecule has 0 spiro atoms. The highest BCUT2D eigenvalue weighted by Crippen LogP contribution is 2.34. The topological polar surface area (TPSA) is 49.4 Å². The number of hydrogen-bond acceptors (Lipinski definition) is 3. The number of halogens is 1. The largest absolute Gasteiger partial charge is 0.316 e. The standard InChI is InChI=1S/C15H21ClN2O2S/c16-13-4-1-5-15(9-13)21(19,20)18(14-6-7-14)11-12-3-2-8-17-10-12/h1,4-5,9,12,14,17H,2-3,6-8,10-11H2. The zero-order chi connectivity index (χ0) is 14.9. The van der Waals surface area contributed by atoms with Crippen molar-refractivity contribution in [2.45, 2.75) is 36.6 Å². The maximum absolute atomic E-state index is 12.9. The number of benzene rings is 1. The van der Waals surface area contributed by atoms with Crippen molar-refractivity contribution < 1.29 is 8.42 Å². The van der Waals surface area contributed by atoms with Crippen LogP contribution in [0, 0.1) is 5.92 Å². The Labute approximate surface area is 131 Å². The molecular weight excluding hydrogens is 308 g/mol. The Hall–Kier alpha value is -0.620. The lowest BCUT2D eigenvalue weighted by Gasteiger charge is -2.29. The van der Waals surface area contributed by atoms with Crippen LogP contribution in [0.1, 0.15) is 25.7 Å². The summed E-state index contributed by atoms with van der Waals surface area (Å²) < 4.78 is 27.5. The van der Waals surface area contributed by atoms with Crippen LogP contribution in [0.5, 0.6) is 0 Å². The molecule has 0 radical (unpaired) electrons. The van der Waals surface area contributed by atoms with Gasteiger partial charge in [-0.15, -0.1) is 0 Å². The molecule has 6 heteroatoms. The third-order valence-corrected chi connectivity index (χ3v) is 6.34. The van der Waals surface area contributed by atoms with Crippen LogP contribution in [0.25, 0.3) is 0 Å². The Kier molecular flexibility index (Phi) is 4.54. The molecule has 0 bridgehead atoms. The lowest BCUT2D eigenvalue weighted by Crippen LogP contribution is -2.42. The first-order chi connectivity index (χ1) is 10.1. The molecule has 1 aliphatic heterocycles. The number of sulfonamides is 1. The molecule has 4 nitrogen and oxygen atoms in total. The van der Waals surface area contributed by atoms with E-state index < -0.39 is 10.0 Å². The van der Waals surface area contributed by atoms with Gasteiger partial charge in [-0.25, -0.2) is 8.42 Å². The van der Waals surface area contributed by atoms with Crippen LogP contribution in [0.3, 0.4) is 0 Å². The van der Waals surface area contributed by atoms with Gasteiger partial charge in [0.15, 0.2) is 0 Å². The highest BCUT2D eigenvalue weighted by molar-refractivity contribution is 7.89. The summed E-state index contributed by atoms with van der Waals surface area (Å²) in [4.78, 5) is 0.311. The first-order valence-electron chi connectivity index (χ1n) is 7.55. The molecule has 1 aromatic carbocycles. The fourth-order valence-corrected chi connectivity index (χ4v) is 4.97. The molecule has 1 heterocycles. The summed E-state index contributed by atoms with van der Waals surface area (Å²) in [6.07, 6.45) is 4.17. The third-order valence-electron chi connectivity index (χ3n) is 4.19. The molecule has 1 aliphatic carbocycles. The van der Waals surface area contributed by atoms with E-state index in [0.29, 0.717) is 22.4 Å². The van der Waals surface area contributed by atoms with Crippen LogP contribution in [-0.2, 0) is 10.0 Å². The van der Waals surface area contributed by atoms with Crippen LogP contribution >= 0.6 is 11.6 Å². The molecule has 0 amide bonds. The van der Waals surface area contributed by atoms with E-state index in [0.717, 1.165) is 38.8 Å². The number of nitrogens with one attached hydrogen (secondary N) is 1. The van der Waals surface area contributed by atoms with Gasteiger partial charge in [-0.05, 0) is 62.9 Å². The van der Waals surface area contributed by atoms with Crippen molar-refractivity contribution in [3.8, 4) is 0 Å². The van der Waals surface area contributed by atoms with Gasteiger partial charge in [0.2, 0.25) is 10.0 Å². The Morgan fingerprint density at radius 2 is 2.10 bits per heavy atom. The maximum Gasteiger partial charge on any atom is 0.243 e. The minimum absolute atomic E-state index is 0.177. The first kappa shape index (κ1) is 15.3. The molecule has 21 heavy (non-hydrogen) atoms. The van der Waals surface area contributed by atoms with Gasteiger partial charge in [-0.3, -0.25) is 0 Å². The second-order valence-electron chi connectivity index (χ2n) is 5.98. The molecule has 3 rings (SSSR count). The average Bonchev–Trinajstić information content (AvgIpc) is 3.30. The van der Waals surface area contributed by atoms with Gasteiger partial charge in [0, 0.05) is 17.6 Å². The predicted molar refractivity (Wildman–Crippen MR) is 84.0 cm³/mol. The van der Waals surface area contributed by atoms with E-state index in [4.69, 9.17) is 11.6 Å². The smallest absolute Gasteiger partial charge is 0.243 e. The van der Waals surface area contributed by atoms with Crippen molar-refractivity contribution in [2.75, 3.05) is 19.6 Å². The molecule has 1 saturated carbocycles. The lowest BCUT2D eigenvalue weighted by atomic mass is 10.00. The summed E-state index contributed by atoms with van der Waals surface area (Å²) in [5, 5.41) is 3.82. The lowest BCUT2D eigenvalue weighted by molar-refractivity contribution is 0.287. The normalized spacial score (nSPS) is 23.4. The van der Waals surface area contributed by atoms with Gasteiger partial charge in [0.1, 0.15) is 0 Å². The van der Waals surface area contributed by atoms with Crippen LogP contribution in [0.15, 0.2) is 29.2 Å². The molecule has 1 saturated heterocycles. The molecule has 1 N–H and O–H groups in total.